The lowest BCUT2D eigenvalue weighted by molar-refractivity contribution is -0.204. The largest absolute Gasteiger partial charge is 0.469 e. The molecule has 0 aromatic rings. The third kappa shape index (κ3) is 0.789. The first kappa shape index (κ1) is 10.5. The van der Waals surface area contributed by atoms with Crippen LogP contribution in [0.3, 0.4) is 0 Å². The molecule has 5 unspecified atom stereocenters. The number of hydrogen-bond acceptors (Lipinski definition) is 3. The maximum Gasteiger partial charge on any atom is 0.309 e. The zero-order valence-electron chi connectivity index (χ0n) is 10.4. The van der Waals surface area contributed by atoms with Crippen LogP contribution in [0.4, 0.5) is 0 Å². The fourth-order valence-electron chi connectivity index (χ4n) is 5.21. The van der Waals surface area contributed by atoms with E-state index in [2.05, 4.69) is 12.2 Å². The molecule has 0 saturated heterocycles. The van der Waals surface area contributed by atoms with Crippen molar-refractivity contribution >= 4 is 11.8 Å². The Morgan fingerprint density at radius 3 is 2.72 bits per heavy atom. The van der Waals surface area contributed by atoms with Crippen LogP contribution in [-0.4, -0.2) is 18.9 Å². The molecule has 3 heteroatoms. The van der Waals surface area contributed by atoms with Crippen molar-refractivity contribution in [1.82, 2.24) is 0 Å². The maximum absolute atomic E-state index is 12.4. The summed E-state index contributed by atoms with van der Waals surface area (Å²) in [5.41, 5.74) is -0.557. The molecule has 94 valence electrons. The predicted octanol–water partition coefficient (Wildman–Crippen LogP) is 1.89. The molecule has 0 N–H and O–H groups in total. The van der Waals surface area contributed by atoms with Gasteiger partial charge in [0.2, 0.25) is 0 Å². The molecule has 2 fully saturated rings. The van der Waals surface area contributed by atoms with Gasteiger partial charge in [-0.3, -0.25) is 9.59 Å². The van der Waals surface area contributed by atoms with Gasteiger partial charge in [0, 0.05) is 5.41 Å². The van der Waals surface area contributed by atoms with E-state index in [4.69, 9.17) is 4.74 Å². The number of ether oxygens (including phenoxy) is 1. The van der Waals surface area contributed by atoms with Crippen molar-refractivity contribution in [1.29, 1.82) is 0 Å². The molecule has 0 radical (unpaired) electrons. The Morgan fingerprint density at radius 1 is 1.33 bits per heavy atom. The van der Waals surface area contributed by atoms with Gasteiger partial charge in [0.25, 0.3) is 0 Å². The van der Waals surface area contributed by atoms with Gasteiger partial charge in [0.1, 0.15) is 0 Å². The normalized spacial score (nSPS) is 50.7. The Hall–Kier alpha value is -1.38. The van der Waals surface area contributed by atoms with E-state index >= 15 is 0 Å². The summed E-state index contributed by atoms with van der Waals surface area (Å²) in [6.07, 6.45) is 11.0. The second-order valence-electron chi connectivity index (χ2n) is 6.06. The smallest absolute Gasteiger partial charge is 0.309 e. The molecule has 5 atom stereocenters. The number of fused-ring (bicyclic) bond motifs is 1. The summed E-state index contributed by atoms with van der Waals surface area (Å²) in [6.45, 7) is 0. The van der Waals surface area contributed by atoms with Crippen molar-refractivity contribution in [3.8, 4) is 0 Å². The number of carbonyl (C=O) groups is 2. The van der Waals surface area contributed by atoms with Crippen LogP contribution in [0.5, 0.6) is 0 Å². The number of methoxy groups -OCH3 is 1. The Bertz CT molecular complexity index is 518. The van der Waals surface area contributed by atoms with Crippen LogP contribution in [0.1, 0.15) is 19.3 Å². The first-order valence-corrected chi connectivity index (χ1v) is 6.66. The second-order valence-corrected chi connectivity index (χ2v) is 6.06. The summed E-state index contributed by atoms with van der Waals surface area (Å²) >= 11 is 0. The van der Waals surface area contributed by atoms with E-state index in [0.717, 1.165) is 12.8 Å². The lowest BCUT2D eigenvalue weighted by Crippen LogP contribution is -2.69. The minimum Gasteiger partial charge on any atom is -0.469 e. The van der Waals surface area contributed by atoms with Crippen LogP contribution in [0.25, 0.3) is 0 Å². The van der Waals surface area contributed by atoms with E-state index in [1.54, 1.807) is 6.08 Å². The average molecular weight is 244 g/mol. The molecule has 0 aromatic heterocycles. The van der Waals surface area contributed by atoms with Gasteiger partial charge in [-0.05, 0) is 37.2 Å². The van der Waals surface area contributed by atoms with E-state index in [9.17, 15) is 9.59 Å². The van der Waals surface area contributed by atoms with Gasteiger partial charge in [-0.1, -0.05) is 18.2 Å². The van der Waals surface area contributed by atoms with Crippen LogP contribution in [0.2, 0.25) is 0 Å². The Labute approximate surface area is 106 Å². The van der Waals surface area contributed by atoms with Crippen molar-refractivity contribution in [2.45, 2.75) is 19.3 Å². The maximum atomic E-state index is 12.4. The van der Waals surface area contributed by atoms with Gasteiger partial charge in [-0.2, -0.15) is 0 Å². The number of allylic oxidation sites excluding steroid dienone is 4. The highest BCUT2D eigenvalue weighted by molar-refractivity contribution is 6.03. The third-order valence-corrected chi connectivity index (χ3v) is 5.92. The zero-order valence-corrected chi connectivity index (χ0v) is 10.4. The lowest BCUT2D eigenvalue weighted by atomic mass is 9.32. The molecule has 0 aliphatic heterocycles. The summed E-state index contributed by atoms with van der Waals surface area (Å²) in [4.78, 5) is 24.3. The van der Waals surface area contributed by atoms with Gasteiger partial charge in [0.15, 0.2) is 5.78 Å². The van der Waals surface area contributed by atoms with Crippen molar-refractivity contribution in [3.63, 3.8) is 0 Å². The fraction of sp³-hybridized carbons (Fsp3) is 0.600. The fourth-order valence-corrected chi connectivity index (χ4v) is 5.21. The molecule has 0 aromatic carbocycles. The molecule has 0 amide bonds. The van der Waals surface area contributed by atoms with E-state index < -0.39 is 0 Å². The summed E-state index contributed by atoms with van der Waals surface area (Å²) in [7, 11) is 1.44. The number of carbonyl (C=O) groups excluding carboxylic acids is 2. The highest BCUT2D eigenvalue weighted by Crippen LogP contribution is 2.77. The van der Waals surface area contributed by atoms with Crippen LogP contribution in [0, 0.1) is 28.6 Å². The highest BCUT2D eigenvalue weighted by Gasteiger charge is 2.78. The van der Waals surface area contributed by atoms with E-state index in [0.29, 0.717) is 18.3 Å². The molecular formula is C15H16O3. The number of rotatable bonds is 1. The summed E-state index contributed by atoms with van der Waals surface area (Å²) in [6, 6.07) is 0. The first-order valence-electron chi connectivity index (χ1n) is 6.66. The van der Waals surface area contributed by atoms with Crippen LogP contribution in [-0.2, 0) is 14.3 Å². The molecular weight excluding hydrogens is 228 g/mol. The van der Waals surface area contributed by atoms with Crippen molar-refractivity contribution < 1.29 is 14.3 Å². The number of ketones is 1. The second kappa shape index (κ2) is 2.95. The molecule has 5 rings (SSSR count). The predicted molar refractivity (Wildman–Crippen MR) is 64.5 cm³/mol. The zero-order chi connectivity index (χ0) is 12.5. The van der Waals surface area contributed by atoms with Crippen LogP contribution >= 0.6 is 0 Å². The van der Waals surface area contributed by atoms with Gasteiger partial charge < -0.3 is 4.74 Å². The molecule has 0 heterocycles. The monoisotopic (exact) mass is 244 g/mol. The summed E-state index contributed by atoms with van der Waals surface area (Å²) < 4.78 is 4.94. The quantitative estimate of drug-likeness (QED) is 0.522. The number of esters is 1. The molecule has 18 heavy (non-hydrogen) atoms. The minimum atomic E-state index is -0.302. The Morgan fingerprint density at radius 2 is 2.06 bits per heavy atom. The number of hydrogen-bond donors (Lipinski definition) is 0. The summed E-state index contributed by atoms with van der Waals surface area (Å²) in [5, 5.41) is 0. The molecule has 2 saturated carbocycles. The standard InChI is InChI=1S/C15H16O3/c1-18-13(17)11-8-15-10-4-2-9(3-5-10)14(11,15)7-6-12(15)16/h2,4,6-7,9-11H,3,5,8H2,1H3. The first-order chi connectivity index (χ1) is 8.66. The lowest BCUT2D eigenvalue weighted by Gasteiger charge is -2.68. The molecule has 3 nitrogen and oxygen atoms in total. The van der Waals surface area contributed by atoms with Gasteiger partial charge in [-0.25, -0.2) is 0 Å². The topological polar surface area (TPSA) is 43.4 Å². The Balaban J connectivity index is 1.88. The minimum absolute atomic E-state index is 0.122. The average Bonchev–Trinajstić information content (AvgIpc) is 2.64. The molecule has 0 spiro atoms. The van der Waals surface area contributed by atoms with Crippen molar-refractivity contribution in [2.75, 3.05) is 7.11 Å². The summed E-state index contributed by atoms with van der Waals surface area (Å²) in [5.74, 6) is 0.629. The molecule has 5 aliphatic carbocycles. The van der Waals surface area contributed by atoms with E-state index in [-0.39, 0.29) is 28.5 Å². The van der Waals surface area contributed by atoms with Gasteiger partial charge >= 0.3 is 5.97 Å². The van der Waals surface area contributed by atoms with Crippen LogP contribution in [0.15, 0.2) is 24.3 Å². The van der Waals surface area contributed by atoms with Gasteiger partial charge in [-0.15, -0.1) is 0 Å². The van der Waals surface area contributed by atoms with Crippen molar-refractivity contribution in [2.24, 2.45) is 28.6 Å². The van der Waals surface area contributed by atoms with E-state index in [1.165, 1.54) is 7.11 Å². The van der Waals surface area contributed by atoms with Crippen LogP contribution < -0.4 is 0 Å². The molecule has 2 bridgehead atoms. The SMILES string of the molecule is COC(=O)C1CC23C(=O)C=CC12C1C=CC3CC1. The highest BCUT2D eigenvalue weighted by atomic mass is 16.5. The van der Waals surface area contributed by atoms with Gasteiger partial charge in [0.05, 0.1) is 18.4 Å². The van der Waals surface area contributed by atoms with E-state index in [1.807, 2.05) is 6.08 Å². The Kier molecular flexibility index (Phi) is 1.73. The molecule has 5 aliphatic rings. The third-order valence-electron chi connectivity index (χ3n) is 5.92. The van der Waals surface area contributed by atoms with Crippen molar-refractivity contribution in [3.05, 3.63) is 24.3 Å².